The highest BCUT2D eigenvalue weighted by molar-refractivity contribution is 7.11. The molecule has 3 nitrogen and oxygen atoms in total. The van der Waals surface area contributed by atoms with Crippen LogP contribution in [0.4, 0.5) is 0 Å². The summed E-state index contributed by atoms with van der Waals surface area (Å²) >= 11 is 1.50. The van der Waals surface area contributed by atoms with Gasteiger partial charge in [-0.1, -0.05) is 25.2 Å². The summed E-state index contributed by atoms with van der Waals surface area (Å²) in [6.45, 7) is 4.31. The molecule has 0 aliphatic carbocycles. The molecule has 0 aliphatic heterocycles. The zero-order valence-corrected chi connectivity index (χ0v) is 11.9. The van der Waals surface area contributed by atoms with Gasteiger partial charge in [0.25, 0.3) is 5.19 Å². The van der Waals surface area contributed by atoms with Gasteiger partial charge in [0, 0.05) is 10.9 Å². The number of hydrogen-bond acceptors (Lipinski definition) is 4. The van der Waals surface area contributed by atoms with Gasteiger partial charge in [-0.3, -0.25) is 0 Å². The second kappa shape index (κ2) is 5.40. The molecule has 0 saturated carbocycles. The molecule has 0 bridgehead atoms. The monoisotopic (exact) mass is 263 g/mol. The Morgan fingerprint density at radius 1 is 1.17 bits per heavy atom. The Bertz CT molecular complexity index is 534. The Morgan fingerprint density at radius 3 is 2.50 bits per heavy atom. The molecule has 1 aromatic carbocycles. The number of ether oxygens (including phenoxy) is 2. The van der Waals surface area contributed by atoms with Gasteiger partial charge in [-0.05, 0) is 29.7 Å². The minimum atomic E-state index is 0.417. The SMILES string of the molecule is COc1nc(-c2ccc(OC)c(C(C)C)c2)cs1. The van der Waals surface area contributed by atoms with Crippen molar-refractivity contribution in [3.63, 3.8) is 0 Å². The molecule has 18 heavy (non-hydrogen) atoms. The first-order chi connectivity index (χ1) is 8.65. The molecule has 0 fully saturated rings. The van der Waals surface area contributed by atoms with Crippen LogP contribution in [0.25, 0.3) is 11.3 Å². The van der Waals surface area contributed by atoms with Crippen LogP contribution in [0.15, 0.2) is 23.6 Å². The zero-order valence-electron chi connectivity index (χ0n) is 11.1. The third kappa shape index (κ3) is 2.48. The van der Waals surface area contributed by atoms with E-state index in [1.165, 1.54) is 16.9 Å². The van der Waals surface area contributed by atoms with Crippen molar-refractivity contribution >= 4 is 11.3 Å². The zero-order chi connectivity index (χ0) is 13.1. The largest absolute Gasteiger partial charge is 0.496 e. The molecular formula is C14H17NO2S. The summed E-state index contributed by atoms with van der Waals surface area (Å²) < 4.78 is 10.5. The van der Waals surface area contributed by atoms with E-state index < -0.39 is 0 Å². The third-order valence-electron chi connectivity index (χ3n) is 2.81. The maximum atomic E-state index is 5.38. The van der Waals surface area contributed by atoms with Crippen molar-refractivity contribution in [3.8, 4) is 22.2 Å². The molecule has 2 aromatic rings. The Hall–Kier alpha value is -1.55. The molecule has 0 N–H and O–H groups in total. The summed E-state index contributed by atoms with van der Waals surface area (Å²) in [5.74, 6) is 1.34. The molecule has 0 atom stereocenters. The van der Waals surface area contributed by atoms with E-state index in [4.69, 9.17) is 9.47 Å². The Kier molecular flexibility index (Phi) is 3.87. The highest BCUT2D eigenvalue weighted by Crippen LogP contribution is 2.33. The fraction of sp³-hybridized carbons (Fsp3) is 0.357. The fourth-order valence-corrected chi connectivity index (χ4v) is 2.48. The van der Waals surface area contributed by atoms with E-state index in [1.807, 2.05) is 17.5 Å². The molecule has 0 spiro atoms. The first kappa shape index (κ1) is 12.9. The number of hydrogen-bond donors (Lipinski definition) is 0. The Balaban J connectivity index is 2.42. The molecule has 4 heteroatoms. The summed E-state index contributed by atoms with van der Waals surface area (Å²) in [4.78, 5) is 4.41. The lowest BCUT2D eigenvalue weighted by Gasteiger charge is -2.12. The standard InChI is InChI=1S/C14H17NO2S/c1-9(2)11-7-10(5-6-13(11)16-3)12-8-18-14(15-12)17-4/h5-9H,1-4H3. The van der Waals surface area contributed by atoms with Gasteiger partial charge in [0.1, 0.15) is 5.75 Å². The van der Waals surface area contributed by atoms with Gasteiger partial charge in [-0.25, -0.2) is 4.98 Å². The lowest BCUT2D eigenvalue weighted by Crippen LogP contribution is -1.95. The summed E-state index contributed by atoms with van der Waals surface area (Å²) in [5, 5.41) is 2.69. The molecule has 2 rings (SSSR count). The number of methoxy groups -OCH3 is 2. The van der Waals surface area contributed by atoms with E-state index in [0.29, 0.717) is 11.1 Å². The molecule has 1 heterocycles. The molecular weight excluding hydrogens is 246 g/mol. The average molecular weight is 263 g/mol. The molecule has 1 aromatic heterocycles. The van der Waals surface area contributed by atoms with Gasteiger partial charge < -0.3 is 9.47 Å². The van der Waals surface area contributed by atoms with Gasteiger partial charge in [0.15, 0.2) is 0 Å². The molecule has 0 unspecified atom stereocenters. The molecule has 0 amide bonds. The highest BCUT2D eigenvalue weighted by Gasteiger charge is 2.11. The molecule has 0 radical (unpaired) electrons. The van der Waals surface area contributed by atoms with E-state index in [-0.39, 0.29) is 0 Å². The van der Waals surface area contributed by atoms with Gasteiger partial charge >= 0.3 is 0 Å². The van der Waals surface area contributed by atoms with E-state index in [0.717, 1.165) is 17.0 Å². The van der Waals surface area contributed by atoms with Crippen LogP contribution in [0.5, 0.6) is 10.9 Å². The van der Waals surface area contributed by atoms with Crippen molar-refractivity contribution in [1.82, 2.24) is 4.98 Å². The second-order valence-corrected chi connectivity index (χ2v) is 5.13. The lowest BCUT2D eigenvalue weighted by molar-refractivity contribution is 0.407. The Morgan fingerprint density at radius 2 is 1.94 bits per heavy atom. The highest BCUT2D eigenvalue weighted by atomic mass is 32.1. The van der Waals surface area contributed by atoms with Gasteiger partial charge in [0.05, 0.1) is 19.9 Å². The molecule has 96 valence electrons. The summed E-state index contributed by atoms with van der Waals surface area (Å²) in [5.41, 5.74) is 3.24. The molecule has 0 saturated heterocycles. The number of nitrogens with zero attached hydrogens (tertiary/aromatic N) is 1. The minimum absolute atomic E-state index is 0.417. The first-order valence-electron chi connectivity index (χ1n) is 5.83. The average Bonchev–Trinajstić information content (AvgIpc) is 2.86. The van der Waals surface area contributed by atoms with Crippen LogP contribution in [0.2, 0.25) is 0 Å². The quantitative estimate of drug-likeness (QED) is 0.837. The van der Waals surface area contributed by atoms with Crippen LogP contribution in [0, 0.1) is 0 Å². The van der Waals surface area contributed by atoms with Crippen LogP contribution in [0.1, 0.15) is 25.3 Å². The van der Waals surface area contributed by atoms with Crippen molar-refractivity contribution < 1.29 is 9.47 Å². The van der Waals surface area contributed by atoms with Crippen molar-refractivity contribution in [3.05, 3.63) is 29.1 Å². The van der Waals surface area contributed by atoms with Crippen LogP contribution in [-0.2, 0) is 0 Å². The van der Waals surface area contributed by atoms with Crippen molar-refractivity contribution in [1.29, 1.82) is 0 Å². The van der Waals surface area contributed by atoms with E-state index >= 15 is 0 Å². The summed E-state index contributed by atoms with van der Waals surface area (Å²) in [7, 11) is 3.34. The fourth-order valence-electron chi connectivity index (χ4n) is 1.83. The van der Waals surface area contributed by atoms with Crippen LogP contribution in [-0.4, -0.2) is 19.2 Å². The van der Waals surface area contributed by atoms with Gasteiger partial charge in [-0.15, -0.1) is 0 Å². The summed E-state index contributed by atoms with van der Waals surface area (Å²) in [6.07, 6.45) is 0. The normalized spacial score (nSPS) is 10.7. The maximum Gasteiger partial charge on any atom is 0.273 e. The topological polar surface area (TPSA) is 31.4 Å². The number of rotatable bonds is 4. The van der Waals surface area contributed by atoms with Gasteiger partial charge in [-0.2, -0.15) is 0 Å². The predicted octanol–water partition coefficient (Wildman–Crippen LogP) is 3.95. The Labute approximate surface area is 111 Å². The van der Waals surface area contributed by atoms with E-state index in [9.17, 15) is 0 Å². The minimum Gasteiger partial charge on any atom is -0.496 e. The maximum absolute atomic E-state index is 5.38. The van der Waals surface area contributed by atoms with E-state index in [1.54, 1.807) is 14.2 Å². The van der Waals surface area contributed by atoms with Crippen LogP contribution < -0.4 is 9.47 Å². The predicted molar refractivity (Wildman–Crippen MR) is 74.7 cm³/mol. The van der Waals surface area contributed by atoms with Crippen molar-refractivity contribution in [2.45, 2.75) is 19.8 Å². The van der Waals surface area contributed by atoms with Crippen molar-refractivity contribution in [2.75, 3.05) is 14.2 Å². The lowest BCUT2D eigenvalue weighted by atomic mass is 9.99. The summed E-state index contributed by atoms with van der Waals surface area (Å²) in [6, 6.07) is 6.16. The number of benzene rings is 1. The number of thiazole rings is 1. The molecule has 0 aliphatic rings. The first-order valence-corrected chi connectivity index (χ1v) is 6.71. The second-order valence-electron chi connectivity index (χ2n) is 4.31. The van der Waals surface area contributed by atoms with E-state index in [2.05, 4.69) is 24.9 Å². The van der Waals surface area contributed by atoms with Crippen molar-refractivity contribution in [2.24, 2.45) is 0 Å². The van der Waals surface area contributed by atoms with Crippen LogP contribution >= 0.6 is 11.3 Å². The van der Waals surface area contributed by atoms with Gasteiger partial charge in [0.2, 0.25) is 0 Å². The third-order valence-corrected chi connectivity index (χ3v) is 3.61. The van der Waals surface area contributed by atoms with Crippen LogP contribution in [0.3, 0.4) is 0 Å². The number of aromatic nitrogens is 1. The smallest absolute Gasteiger partial charge is 0.273 e.